The molecular weight excluding hydrogens is 306 g/mol. The highest BCUT2D eigenvalue weighted by Gasteiger charge is 2.22. The molecule has 0 bridgehead atoms. The maximum Gasteiger partial charge on any atom is 0.242 e. The van der Waals surface area contributed by atoms with Crippen LogP contribution in [0.1, 0.15) is 43.2 Å². The van der Waals surface area contributed by atoms with Crippen molar-refractivity contribution >= 4 is 11.7 Å². The fourth-order valence-electron chi connectivity index (χ4n) is 2.60. The molecule has 130 valence electrons. The summed E-state index contributed by atoms with van der Waals surface area (Å²) in [7, 11) is 1.65. The number of nitrogens with zero attached hydrogens (tertiary/aromatic N) is 1. The number of carbonyl (C=O) groups is 1. The van der Waals surface area contributed by atoms with E-state index in [9.17, 15) is 4.79 Å². The molecule has 2 N–H and O–H groups in total. The highest BCUT2D eigenvalue weighted by molar-refractivity contribution is 5.94. The Balaban J connectivity index is 2.08. The van der Waals surface area contributed by atoms with Crippen LogP contribution in [-0.4, -0.2) is 24.2 Å². The van der Waals surface area contributed by atoms with Crippen molar-refractivity contribution in [2.75, 3.05) is 12.4 Å². The Hall–Kier alpha value is -2.34. The number of benzene rings is 1. The van der Waals surface area contributed by atoms with Crippen LogP contribution in [0.4, 0.5) is 5.82 Å². The van der Waals surface area contributed by atoms with Gasteiger partial charge < -0.3 is 14.6 Å². The number of carbonyl (C=O) groups excluding carboxylic acids is 1. The maximum absolute atomic E-state index is 12.5. The highest BCUT2D eigenvalue weighted by Crippen LogP contribution is 2.26. The second kappa shape index (κ2) is 7.97. The summed E-state index contributed by atoms with van der Waals surface area (Å²) in [6.07, 6.45) is 0.654. The quantitative estimate of drug-likeness (QED) is 0.813. The number of hydrogen-bond donors (Lipinski definition) is 2. The Morgan fingerprint density at radius 1 is 1.33 bits per heavy atom. The van der Waals surface area contributed by atoms with Gasteiger partial charge in [-0.2, -0.15) is 0 Å². The molecule has 2 rings (SSSR count). The van der Waals surface area contributed by atoms with E-state index in [1.54, 1.807) is 20.1 Å². The number of rotatable bonds is 7. The first-order valence-corrected chi connectivity index (χ1v) is 8.09. The van der Waals surface area contributed by atoms with Gasteiger partial charge in [-0.3, -0.25) is 10.1 Å². The van der Waals surface area contributed by atoms with Gasteiger partial charge in [0.15, 0.2) is 5.82 Å². The van der Waals surface area contributed by atoms with Crippen molar-refractivity contribution in [1.82, 2.24) is 10.5 Å². The van der Waals surface area contributed by atoms with Gasteiger partial charge in [-0.25, -0.2) is 0 Å². The van der Waals surface area contributed by atoms with Crippen molar-refractivity contribution in [3.63, 3.8) is 0 Å². The molecule has 1 heterocycles. The van der Waals surface area contributed by atoms with E-state index in [0.29, 0.717) is 18.0 Å². The van der Waals surface area contributed by atoms with E-state index in [0.717, 1.165) is 16.9 Å². The maximum atomic E-state index is 12.5. The third-order valence-electron chi connectivity index (χ3n) is 3.91. The Kier molecular flexibility index (Phi) is 5.98. The van der Waals surface area contributed by atoms with Crippen molar-refractivity contribution in [2.24, 2.45) is 0 Å². The zero-order valence-electron chi connectivity index (χ0n) is 14.8. The third kappa shape index (κ3) is 4.35. The van der Waals surface area contributed by atoms with Gasteiger partial charge in [0.05, 0.1) is 13.2 Å². The molecule has 0 aliphatic carbocycles. The van der Waals surface area contributed by atoms with Gasteiger partial charge in [-0.1, -0.05) is 29.8 Å². The molecule has 1 aromatic carbocycles. The van der Waals surface area contributed by atoms with Crippen molar-refractivity contribution in [1.29, 1.82) is 0 Å². The molecule has 0 spiro atoms. The zero-order valence-corrected chi connectivity index (χ0v) is 14.8. The second-order valence-corrected chi connectivity index (χ2v) is 5.91. The van der Waals surface area contributed by atoms with Gasteiger partial charge in [0.25, 0.3) is 0 Å². The van der Waals surface area contributed by atoms with E-state index in [4.69, 9.17) is 9.26 Å². The number of nitrogens with one attached hydrogen (secondary N) is 2. The van der Waals surface area contributed by atoms with Gasteiger partial charge >= 0.3 is 0 Å². The first kappa shape index (κ1) is 18.0. The first-order chi connectivity index (χ1) is 11.4. The number of amides is 1. The van der Waals surface area contributed by atoms with E-state index in [2.05, 4.69) is 21.9 Å². The van der Waals surface area contributed by atoms with E-state index in [1.165, 1.54) is 0 Å². The molecular formula is C18H25N3O3. The van der Waals surface area contributed by atoms with Crippen LogP contribution in [0.3, 0.4) is 0 Å². The van der Waals surface area contributed by atoms with Crippen molar-refractivity contribution in [2.45, 2.75) is 46.2 Å². The predicted octanol–water partition coefficient (Wildman–Crippen LogP) is 3.37. The van der Waals surface area contributed by atoms with Crippen molar-refractivity contribution in [3.8, 4) is 5.75 Å². The van der Waals surface area contributed by atoms with Gasteiger partial charge in [-0.15, -0.1) is 0 Å². The van der Waals surface area contributed by atoms with Crippen LogP contribution in [0.25, 0.3) is 0 Å². The van der Waals surface area contributed by atoms with Crippen LogP contribution >= 0.6 is 0 Å². The fraction of sp³-hybridized carbons (Fsp3) is 0.444. The van der Waals surface area contributed by atoms with Gasteiger partial charge in [-0.05, 0) is 33.3 Å². The number of anilines is 1. The molecule has 0 saturated carbocycles. The fourth-order valence-corrected chi connectivity index (χ4v) is 2.60. The Morgan fingerprint density at radius 3 is 2.67 bits per heavy atom. The minimum Gasteiger partial charge on any atom is -0.496 e. The molecule has 2 aromatic rings. The Bertz CT molecular complexity index is 697. The lowest BCUT2D eigenvalue weighted by atomic mass is 10.0. The van der Waals surface area contributed by atoms with Crippen LogP contribution in [0.15, 0.2) is 28.8 Å². The molecule has 0 fully saturated rings. The number of hydrogen-bond acceptors (Lipinski definition) is 5. The lowest BCUT2D eigenvalue weighted by Gasteiger charge is -2.23. The monoisotopic (exact) mass is 331 g/mol. The smallest absolute Gasteiger partial charge is 0.242 e. The summed E-state index contributed by atoms with van der Waals surface area (Å²) in [4.78, 5) is 12.5. The van der Waals surface area contributed by atoms with Crippen molar-refractivity contribution < 1.29 is 14.1 Å². The van der Waals surface area contributed by atoms with E-state index in [1.807, 2.05) is 32.9 Å². The molecule has 0 radical (unpaired) electrons. The van der Waals surface area contributed by atoms with E-state index < -0.39 is 0 Å². The summed E-state index contributed by atoms with van der Waals surface area (Å²) < 4.78 is 10.4. The number of methoxy groups -OCH3 is 1. The van der Waals surface area contributed by atoms with Crippen molar-refractivity contribution in [3.05, 3.63) is 41.2 Å². The second-order valence-electron chi connectivity index (χ2n) is 5.91. The summed E-state index contributed by atoms with van der Waals surface area (Å²) in [6.45, 7) is 7.80. The summed E-state index contributed by atoms with van der Waals surface area (Å²) in [6, 6.07) is 7.34. The van der Waals surface area contributed by atoms with Crippen LogP contribution in [0.5, 0.6) is 5.75 Å². The standard InChI is InChI=1S/C18H25N3O3/c1-6-15(18(22)20-17-10-12(3)24-21-17)19-13(4)14-9-11(2)7-8-16(14)23-5/h7-10,13,15,19H,6H2,1-5H3,(H,20,21,22)/t13-,15-/m0/s1. The van der Waals surface area contributed by atoms with Crippen LogP contribution < -0.4 is 15.4 Å². The average Bonchev–Trinajstić information content (AvgIpc) is 2.97. The number of aryl methyl sites for hydroxylation is 2. The summed E-state index contributed by atoms with van der Waals surface area (Å²) in [5.74, 6) is 1.76. The lowest BCUT2D eigenvalue weighted by molar-refractivity contribution is -0.118. The molecule has 0 unspecified atom stereocenters. The Morgan fingerprint density at radius 2 is 2.08 bits per heavy atom. The molecule has 6 nitrogen and oxygen atoms in total. The Labute approximate surface area is 142 Å². The molecule has 24 heavy (non-hydrogen) atoms. The van der Waals surface area contributed by atoms with Crippen LogP contribution in [0.2, 0.25) is 0 Å². The van der Waals surface area contributed by atoms with Crippen LogP contribution in [0, 0.1) is 13.8 Å². The van der Waals surface area contributed by atoms with Gasteiger partial charge in [0.2, 0.25) is 5.91 Å². The molecule has 1 aromatic heterocycles. The molecule has 0 saturated heterocycles. The summed E-state index contributed by atoms with van der Waals surface area (Å²) >= 11 is 0. The highest BCUT2D eigenvalue weighted by atomic mass is 16.5. The first-order valence-electron chi connectivity index (χ1n) is 8.09. The van der Waals surface area contributed by atoms with E-state index >= 15 is 0 Å². The predicted molar refractivity (Wildman–Crippen MR) is 93.2 cm³/mol. The molecule has 2 atom stereocenters. The topological polar surface area (TPSA) is 76.4 Å². The zero-order chi connectivity index (χ0) is 17.7. The van der Waals surface area contributed by atoms with E-state index in [-0.39, 0.29) is 18.0 Å². The number of aromatic nitrogens is 1. The average molecular weight is 331 g/mol. The minimum atomic E-state index is -0.345. The van der Waals surface area contributed by atoms with Gasteiger partial charge in [0.1, 0.15) is 11.5 Å². The molecule has 6 heteroatoms. The molecule has 0 aliphatic rings. The molecule has 1 amide bonds. The molecule has 0 aliphatic heterocycles. The summed E-state index contributed by atoms with van der Waals surface area (Å²) in [5, 5.41) is 9.93. The largest absolute Gasteiger partial charge is 0.496 e. The van der Waals surface area contributed by atoms with Crippen LogP contribution in [-0.2, 0) is 4.79 Å². The lowest BCUT2D eigenvalue weighted by Crippen LogP contribution is -2.41. The SMILES string of the molecule is CC[C@H](N[C@@H](C)c1cc(C)ccc1OC)C(=O)Nc1cc(C)on1. The normalized spacial score (nSPS) is 13.4. The minimum absolute atomic E-state index is 0.0328. The number of ether oxygens (including phenoxy) is 1. The summed E-state index contributed by atoms with van der Waals surface area (Å²) in [5.41, 5.74) is 2.18. The third-order valence-corrected chi connectivity index (χ3v) is 3.91. The van der Waals surface area contributed by atoms with Gasteiger partial charge in [0, 0.05) is 17.7 Å².